The summed E-state index contributed by atoms with van der Waals surface area (Å²) in [7, 11) is 0. The molecule has 0 radical (unpaired) electrons. The van der Waals surface area contributed by atoms with Crippen LogP contribution in [0.2, 0.25) is 0 Å². The van der Waals surface area contributed by atoms with Crippen molar-refractivity contribution in [1.29, 1.82) is 0 Å². The van der Waals surface area contributed by atoms with Gasteiger partial charge in [0.25, 0.3) is 0 Å². The zero-order valence-electron chi connectivity index (χ0n) is 10.8. The summed E-state index contributed by atoms with van der Waals surface area (Å²) in [5.41, 5.74) is 0. The molecule has 0 heterocycles. The van der Waals surface area contributed by atoms with Crippen LogP contribution in [0.15, 0.2) is 0 Å². The first-order valence-corrected chi connectivity index (χ1v) is 7.62. The summed E-state index contributed by atoms with van der Waals surface area (Å²) in [6.07, 6.45) is 12.2. The highest BCUT2D eigenvalue weighted by molar-refractivity contribution is 5.00. The summed E-state index contributed by atoms with van der Waals surface area (Å²) in [4.78, 5) is 0. The summed E-state index contributed by atoms with van der Waals surface area (Å²) in [5.74, 6) is 4.34. The molecule has 1 heteroatoms. The molecule has 0 saturated heterocycles. The van der Waals surface area contributed by atoms with Crippen molar-refractivity contribution in [1.82, 2.24) is 5.32 Å². The van der Waals surface area contributed by atoms with E-state index in [0.717, 1.165) is 29.7 Å². The highest BCUT2D eigenvalue weighted by Gasteiger charge is 2.48. The van der Waals surface area contributed by atoms with E-state index in [9.17, 15) is 0 Å². The van der Waals surface area contributed by atoms with Crippen molar-refractivity contribution in [2.75, 3.05) is 6.54 Å². The standard InChI is InChI=1S/C15H27N/c1-2-16-15(11-6-4-3-5-7-11)14-9-12-8-13(12)10-14/h11-16H,2-10H2,1H3. The van der Waals surface area contributed by atoms with Gasteiger partial charge in [-0.05, 0) is 62.3 Å². The fraction of sp³-hybridized carbons (Fsp3) is 1.00. The van der Waals surface area contributed by atoms with Gasteiger partial charge in [-0.3, -0.25) is 0 Å². The molecule has 0 aromatic rings. The molecule has 3 unspecified atom stereocenters. The minimum atomic E-state index is 0.873. The van der Waals surface area contributed by atoms with Gasteiger partial charge >= 0.3 is 0 Å². The molecule has 0 aliphatic heterocycles. The Balaban J connectivity index is 1.60. The molecule has 3 saturated carbocycles. The molecule has 3 aliphatic rings. The lowest BCUT2D eigenvalue weighted by atomic mass is 9.77. The van der Waals surface area contributed by atoms with E-state index in [-0.39, 0.29) is 0 Å². The van der Waals surface area contributed by atoms with E-state index in [1.165, 1.54) is 38.6 Å². The monoisotopic (exact) mass is 221 g/mol. The Bertz CT molecular complexity index is 220. The van der Waals surface area contributed by atoms with E-state index in [0.29, 0.717) is 0 Å². The van der Waals surface area contributed by atoms with Crippen LogP contribution in [-0.2, 0) is 0 Å². The smallest absolute Gasteiger partial charge is 0.0124 e. The summed E-state index contributed by atoms with van der Waals surface area (Å²) < 4.78 is 0. The van der Waals surface area contributed by atoms with E-state index in [1.807, 2.05) is 0 Å². The van der Waals surface area contributed by atoms with E-state index in [4.69, 9.17) is 0 Å². The fourth-order valence-corrected chi connectivity index (χ4v) is 4.50. The third kappa shape index (κ3) is 2.16. The van der Waals surface area contributed by atoms with Gasteiger partial charge in [0, 0.05) is 6.04 Å². The first kappa shape index (κ1) is 11.1. The van der Waals surface area contributed by atoms with Crippen LogP contribution in [0.1, 0.15) is 58.3 Å². The molecule has 0 amide bonds. The van der Waals surface area contributed by atoms with Gasteiger partial charge in [-0.15, -0.1) is 0 Å². The Morgan fingerprint density at radius 3 is 2.25 bits per heavy atom. The summed E-state index contributed by atoms with van der Waals surface area (Å²) >= 11 is 0. The molecule has 3 rings (SSSR count). The predicted molar refractivity (Wildman–Crippen MR) is 68.4 cm³/mol. The lowest BCUT2D eigenvalue weighted by molar-refractivity contribution is 0.201. The van der Waals surface area contributed by atoms with E-state index in [1.54, 1.807) is 19.3 Å². The van der Waals surface area contributed by atoms with Crippen molar-refractivity contribution in [3.63, 3.8) is 0 Å². The van der Waals surface area contributed by atoms with Crippen molar-refractivity contribution < 1.29 is 0 Å². The molecular formula is C15H27N. The minimum absolute atomic E-state index is 0.873. The van der Waals surface area contributed by atoms with E-state index in [2.05, 4.69) is 12.2 Å². The van der Waals surface area contributed by atoms with Gasteiger partial charge in [0.1, 0.15) is 0 Å². The normalized spacial score (nSPS) is 40.7. The Morgan fingerprint density at radius 2 is 1.62 bits per heavy atom. The predicted octanol–water partition coefficient (Wildman–Crippen LogP) is 3.59. The molecule has 3 atom stereocenters. The topological polar surface area (TPSA) is 12.0 Å². The zero-order valence-corrected chi connectivity index (χ0v) is 10.8. The first-order chi connectivity index (χ1) is 7.88. The summed E-state index contributed by atoms with van der Waals surface area (Å²) in [6.45, 7) is 3.46. The molecule has 0 spiro atoms. The Hall–Kier alpha value is -0.0400. The van der Waals surface area contributed by atoms with Gasteiger partial charge in [-0.1, -0.05) is 26.2 Å². The minimum Gasteiger partial charge on any atom is -0.314 e. The van der Waals surface area contributed by atoms with Crippen LogP contribution in [0.5, 0.6) is 0 Å². The average Bonchev–Trinajstić information content (AvgIpc) is 2.94. The number of hydrogen-bond donors (Lipinski definition) is 1. The van der Waals surface area contributed by atoms with Crippen molar-refractivity contribution in [3.8, 4) is 0 Å². The maximum Gasteiger partial charge on any atom is 0.0124 e. The van der Waals surface area contributed by atoms with Crippen LogP contribution in [-0.4, -0.2) is 12.6 Å². The van der Waals surface area contributed by atoms with Crippen LogP contribution < -0.4 is 5.32 Å². The second-order valence-corrected chi connectivity index (χ2v) is 6.47. The SMILES string of the molecule is CCNC(C1CCCCC1)C1CC2CC2C1. The number of fused-ring (bicyclic) bond motifs is 1. The van der Waals surface area contributed by atoms with Crippen LogP contribution >= 0.6 is 0 Å². The molecule has 1 N–H and O–H groups in total. The number of nitrogens with one attached hydrogen (secondary N) is 1. The highest BCUT2D eigenvalue weighted by Crippen LogP contribution is 2.56. The number of hydrogen-bond acceptors (Lipinski definition) is 1. The molecule has 1 nitrogen and oxygen atoms in total. The van der Waals surface area contributed by atoms with Crippen molar-refractivity contribution in [2.45, 2.75) is 64.3 Å². The third-order valence-electron chi connectivity index (χ3n) is 5.39. The summed E-state index contributed by atoms with van der Waals surface area (Å²) in [5, 5.41) is 3.84. The van der Waals surface area contributed by atoms with Crippen molar-refractivity contribution >= 4 is 0 Å². The largest absolute Gasteiger partial charge is 0.314 e. The fourth-order valence-electron chi connectivity index (χ4n) is 4.50. The van der Waals surface area contributed by atoms with Gasteiger partial charge in [-0.25, -0.2) is 0 Å². The molecular weight excluding hydrogens is 194 g/mol. The lowest BCUT2D eigenvalue weighted by Crippen LogP contribution is -2.42. The maximum atomic E-state index is 3.84. The average molecular weight is 221 g/mol. The Labute approximate surface area is 100 Å². The second kappa shape index (κ2) is 4.68. The van der Waals surface area contributed by atoms with Gasteiger partial charge in [0.2, 0.25) is 0 Å². The molecule has 3 aliphatic carbocycles. The van der Waals surface area contributed by atoms with E-state index < -0.39 is 0 Å². The van der Waals surface area contributed by atoms with Crippen molar-refractivity contribution in [3.05, 3.63) is 0 Å². The molecule has 3 fully saturated rings. The molecule has 16 heavy (non-hydrogen) atoms. The molecule has 0 bridgehead atoms. The van der Waals surface area contributed by atoms with Crippen LogP contribution in [0.3, 0.4) is 0 Å². The van der Waals surface area contributed by atoms with E-state index >= 15 is 0 Å². The van der Waals surface area contributed by atoms with Gasteiger partial charge in [-0.2, -0.15) is 0 Å². The van der Waals surface area contributed by atoms with Gasteiger partial charge in [0.05, 0.1) is 0 Å². The molecule has 0 aromatic heterocycles. The Kier molecular flexibility index (Phi) is 3.24. The highest BCUT2D eigenvalue weighted by atomic mass is 14.9. The molecule has 92 valence electrons. The third-order valence-corrected chi connectivity index (χ3v) is 5.39. The quantitative estimate of drug-likeness (QED) is 0.765. The van der Waals surface area contributed by atoms with Crippen LogP contribution in [0.4, 0.5) is 0 Å². The summed E-state index contributed by atoms with van der Waals surface area (Å²) in [6, 6.07) is 0.873. The number of rotatable bonds is 4. The first-order valence-electron chi connectivity index (χ1n) is 7.62. The lowest BCUT2D eigenvalue weighted by Gasteiger charge is -2.35. The molecule has 0 aromatic carbocycles. The van der Waals surface area contributed by atoms with Gasteiger partial charge in [0.15, 0.2) is 0 Å². The van der Waals surface area contributed by atoms with Crippen molar-refractivity contribution in [2.24, 2.45) is 23.7 Å². The maximum absolute atomic E-state index is 3.84. The zero-order chi connectivity index (χ0) is 11.0. The van der Waals surface area contributed by atoms with Crippen LogP contribution in [0.25, 0.3) is 0 Å². The Morgan fingerprint density at radius 1 is 0.938 bits per heavy atom. The second-order valence-electron chi connectivity index (χ2n) is 6.47. The van der Waals surface area contributed by atoms with Gasteiger partial charge < -0.3 is 5.32 Å². The van der Waals surface area contributed by atoms with Crippen LogP contribution in [0, 0.1) is 23.7 Å².